The molecule has 4 heterocycles. The Bertz CT molecular complexity index is 1310. The minimum absolute atomic E-state index is 0.371. The molecule has 0 aliphatic carbocycles. The van der Waals surface area contributed by atoms with Crippen LogP contribution in [0.25, 0.3) is 0 Å². The van der Waals surface area contributed by atoms with E-state index in [1.807, 2.05) is 23.6 Å². The van der Waals surface area contributed by atoms with Gasteiger partial charge in [0.05, 0.1) is 30.7 Å². The summed E-state index contributed by atoms with van der Waals surface area (Å²) in [6, 6.07) is 17.2. The summed E-state index contributed by atoms with van der Waals surface area (Å²) in [6.45, 7) is 0.818. The Labute approximate surface area is 205 Å². The average Bonchev–Trinajstić information content (AvgIpc) is 3.61. The molecule has 2 amide bonds. The molecule has 3 aliphatic rings. The van der Waals surface area contributed by atoms with Crippen molar-refractivity contribution in [3.8, 4) is 11.5 Å². The number of thiophene rings is 1. The van der Waals surface area contributed by atoms with E-state index in [1.165, 1.54) is 23.3 Å². The Morgan fingerprint density at radius 1 is 1.03 bits per heavy atom. The smallest absolute Gasteiger partial charge is 0.331 e. The van der Waals surface area contributed by atoms with E-state index in [9.17, 15) is 14.4 Å². The maximum atomic E-state index is 14.1. The molecule has 0 saturated carbocycles. The first-order valence-corrected chi connectivity index (χ1v) is 12.2. The van der Waals surface area contributed by atoms with Crippen LogP contribution in [0.1, 0.15) is 16.5 Å². The van der Waals surface area contributed by atoms with Crippen LogP contribution in [0.4, 0.5) is 5.69 Å². The van der Waals surface area contributed by atoms with Gasteiger partial charge in [0, 0.05) is 10.9 Å². The van der Waals surface area contributed by atoms with Crippen LogP contribution < -0.4 is 19.7 Å². The molecular weight excluding hydrogens is 468 g/mol. The van der Waals surface area contributed by atoms with Gasteiger partial charge in [0.15, 0.2) is 17.0 Å². The van der Waals surface area contributed by atoms with E-state index >= 15 is 0 Å². The van der Waals surface area contributed by atoms with Gasteiger partial charge in [-0.25, -0.2) is 9.69 Å². The van der Waals surface area contributed by atoms with Gasteiger partial charge in [0.25, 0.3) is 0 Å². The molecule has 1 aromatic heterocycles. The van der Waals surface area contributed by atoms with Crippen LogP contribution in [0.2, 0.25) is 0 Å². The lowest BCUT2D eigenvalue weighted by Crippen LogP contribution is -2.53. The summed E-state index contributed by atoms with van der Waals surface area (Å²) in [7, 11) is 1.29. The van der Waals surface area contributed by atoms with Crippen molar-refractivity contribution in [2.75, 3.05) is 25.2 Å². The molecule has 178 valence electrons. The first-order valence-electron chi connectivity index (χ1n) is 11.3. The van der Waals surface area contributed by atoms with Gasteiger partial charge in [-0.2, -0.15) is 0 Å². The number of nitrogens with one attached hydrogen (secondary N) is 1. The third-order valence-electron chi connectivity index (χ3n) is 6.93. The van der Waals surface area contributed by atoms with E-state index in [4.69, 9.17) is 14.2 Å². The number of esters is 1. The molecule has 4 atom stereocenters. The molecule has 6 rings (SSSR count). The number of hydrogen-bond acceptors (Lipinski definition) is 8. The summed E-state index contributed by atoms with van der Waals surface area (Å²) in [5.74, 6) is -2.20. The molecule has 0 bridgehead atoms. The molecule has 2 saturated heterocycles. The fraction of sp³-hybridized carbons (Fsp3) is 0.269. The number of hydrogen-bond donors (Lipinski definition) is 1. The predicted molar refractivity (Wildman–Crippen MR) is 127 cm³/mol. The topological polar surface area (TPSA) is 94.2 Å². The van der Waals surface area contributed by atoms with Gasteiger partial charge in [0.1, 0.15) is 13.2 Å². The largest absolute Gasteiger partial charge is 0.486 e. The molecule has 3 aromatic rings. The number of anilines is 1. The van der Waals surface area contributed by atoms with Crippen molar-refractivity contribution in [2.45, 2.75) is 11.6 Å². The normalized spacial score (nSPS) is 27.1. The zero-order valence-electron chi connectivity index (χ0n) is 18.8. The number of carbonyl (C=O) groups excluding carboxylic acids is 3. The number of carbonyl (C=O) groups is 3. The highest BCUT2D eigenvalue weighted by Gasteiger charge is 2.70. The number of nitrogens with zero attached hydrogens (tertiary/aromatic N) is 1. The van der Waals surface area contributed by atoms with Gasteiger partial charge in [-0.15, -0.1) is 11.3 Å². The number of fused-ring (bicyclic) bond motifs is 2. The van der Waals surface area contributed by atoms with Gasteiger partial charge in [-0.1, -0.05) is 36.4 Å². The van der Waals surface area contributed by atoms with Crippen molar-refractivity contribution in [2.24, 2.45) is 11.8 Å². The number of methoxy groups -OCH3 is 1. The standard InChI is InChI=1S/C26H22N2O6S/c1-32-25(31)26(15-6-3-2-4-7-15)21-20(22(27-26)19-8-5-13-35-19)23(29)28(24(21)30)16-9-10-17-18(14-16)34-12-11-33-17/h2-10,13-14,20-22,27H,11-12H2,1H3/t20-,21+,22+,26+/m0/s1. The summed E-state index contributed by atoms with van der Waals surface area (Å²) in [4.78, 5) is 43.6. The number of ether oxygens (including phenoxy) is 3. The van der Waals surface area contributed by atoms with Gasteiger partial charge in [-0.05, 0) is 29.1 Å². The molecular formula is C26H22N2O6S. The van der Waals surface area contributed by atoms with Crippen LogP contribution in [-0.4, -0.2) is 38.1 Å². The lowest BCUT2D eigenvalue weighted by Gasteiger charge is -2.33. The van der Waals surface area contributed by atoms with Crippen LogP contribution in [0.15, 0.2) is 66.0 Å². The van der Waals surface area contributed by atoms with Crippen molar-refractivity contribution >= 4 is 34.8 Å². The molecule has 3 aliphatic heterocycles. The van der Waals surface area contributed by atoms with Gasteiger partial charge in [0.2, 0.25) is 11.8 Å². The predicted octanol–water partition coefficient (Wildman–Crippen LogP) is 3.04. The first-order chi connectivity index (χ1) is 17.1. The van der Waals surface area contributed by atoms with E-state index < -0.39 is 35.3 Å². The third kappa shape index (κ3) is 3.11. The monoisotopic (exact) mass is 490 g/mol. The summed E-state index contributed by atoms with van der Waals surface area (Å²) < 4.78 is 16.5. The first kappa shape index (κ1) is 21.8. The molecule has 8 nitrogen and oxygen atoms in total. The number of rotatable bonds is 4. The Hall–Kier alpha value is -3.69. The summed E-state index contributed by atoms with van der Waals surface area (Å²) in [5, 5.41) is 5.29. The number of imide groups is 1. The maximum Gasteiger partial charge on any atom is 0.331 e. The van der Waals surface area contributed by atoms with E-state index in [1.54, 1.807) is 42.5 Å². The Balaban J connectivity index is 1.52. The Kier molecular flexibility index (Phi) is 5.12. The molecule has 2 aromatic carbocycles. The number of benzene rings is 2. The zero-order valence-corrected chi connectivity index (χ0v) is 19.6. The fourth-order valence-electron chi connectivity index (χ4n) is 5.48. The van der Waals surface area contributed by atoms with Gasteiger partial charge >= 0.3 is 5.97 Å². The Morgan fingerprint density at radius 3 is 2.51 bits per heavy atom. The van der Waals surface area contributed by atoms with Crippen molar-refractivity contribution < 1.29 is 28.6 Å². The minimum atomic E-state index is -1.52. The average molecular weight is 491 g/mol. The van der Waals surface area contributed by atoms with Crippen molar-refractivity contribution in [1.82, 2.24) is 5.32 Å². The van der Waals surface area contributed by atoms with Crippen molar-refractivity contribution in [3.63, 3.8) is 0 Å². The second-order valence-corrected chi connectivity index (χ2v) is 9.63. The molecule has 0 unspecified atom stereocenters. The lowest BCUT2D eigenvalue weighted by atomic mass is 9.75. The van der Waals surface area contributed by atoms with E-state index in [0.29, 0.717) is 36.0 Å². The second-order valence-electron chi connectivity index (χ2n) is 8.65. The summed E-state index contributed by atoms with van der Waals surface area (Å²) >= 11 is 1.47. The summed E-state index contributed by atoms with van der Waals surface area (Å²) in [6.07, 6.45) is 0. The van der Waals surface area contributed by atoms with Crippen molar-refractivity contribution in [1.29, 1.82) is 0 Å². The van der Waals surface area contributed by atoms with Crippen molar-refractivity contribution in [3.05, 3.63) is 76.5 Å². The number of amides is 2. The molecule has 0 spiro atoms. The highest BCUT2D eigenvalue weighted by atomic mass is 32.1. The van der Waals surface area contributed by atoms with Crippen LogP contribution >= 0.6 is 11.3 Å². The quantitative estimate of drug-likeness (QED) is 0.444. The van der Waals surface area contributed by atoms with E-state index in [-0.39, 0.29) is 5.91 Å². The molecule has 0 radical (unpaired) electrons. The zero-order chi connectivity index (χ0) is 24.2. The van der Waals surface area contributed by atoms with E-state index in [0.717, 1.165) is 4.88 Å². The molecule has 35 heavy (non-hydrogen) atoms. The van der Waals surface area contributed by atoms with Gasteiger partial charge in [-0.3, -0.25) is 14.9 Å². The maximum absolute atomic E-state index is 14.1. The SMILES string of the molecule is COC(=O)[C@]1(c2ccccc2)N[C@H](c2cccs2)[C@H]2C(=O)N(c3ccc4c(c3)OCCO4)C(=O)[C@@H]21. The summed E-state index contributed by atoms with van der Waals surface area (Å²) in [5.41, 5.74) is -0.563. The highest BCUT2D eigenvalue weighted by molar-refractivity contribution is 7.10. The Morgan fingerprint density at radius 2 is 1.80 bits per heavy atom. The highest BCUT2D eigenvalue weighted by Crippen LogP contribution is 2.55. The van der Waals surface area contributed by atoms with Crippen LogP contribution in [0.5, 0.6) is 11.5 Å². The molecule has 1 N–H and O–H groups in total. The van der Waals surface area contributed by atoms with Crippen LogP contribution in [0.3, 0.4) is 0 Å². The molecule has 9 heteroatoms. The molecule has 2 fully saturated rings. The minimum Gasteiger partial charge on any atom is -0.486 e. The fourth-order valence-corrected chi connectivity index (χ4v) is 6.30. The third-order valence-corrected chi connectivity index (χ3v) is 7.89. The lowest BCUT2D eigenvalue weighted by molar-refractivity contribution is -0.152. The van der Waals surface area contributed by atoms with E-state index in [2.05, 4.69) is 5.32 Å². The van der Waals surface area contributed by atoms with Crippen LogP contribution in [0, 0.1) is 11.8 Å². The van der Waals surface area contributed by atoms with Crippen LogP contribution in [-0.2, 0) is 24.7 Å². The van der Waals surface area contributed by atoms with Gasteiger partial charge < -0.3 is 14.2 Å². The second kappa shape index (κ2) is 8.21.